The molecule has 3 aromatic rings. The van der Waals surface area contributed by atoms with Crippen molar-refractivity contribution in [3.63, 3.8) is 0 Å². The molecule has 5 nitrogen and oxygen atoms in total. The van der Waals surface area contributed by atoms with Crippen molar-refractivity contribution in [3.8, 4) is 0 Å². The summed E-state index contributed by atoms with van der Waals surface area (Å²) in [7, 11) is 3.49. The van der Waals surface area contributed by atoms with E-state index in [4.69, 9.17) is 4.98 Å². The zero-order valence-corrected chi connectivity index (χ0v) is 17.3. The van der Waals surface area contributed by atoms with Gasteiger partial charge >= 0.3 is 0 Å². The van der Waals surface area contributed by atoms with Gasteiger partial charge in [0.1, 0.15) is 5.25 Å². The summed E-state index contributed by atoms with van der Waals surface area (Å²) in [4.78, 5) is 32.3. The first-order valence-corrected chi connectivity index (χ1v) is 10.3. The van der Waals surface area contributed by atoms with Gasteiger partial charge in [-0.05, 0) is 24.1 Å². The van der Waals surface area contributed by atoms with Crippen LogP contribution in [-0.4, -0.2) is 34.5 Å². The second kappa shape index (κ2) is 9.06. The lowest BCUT2D eigenvalue weighted by Crippen LogP contribution is -2.28. The molecule has 1 atom stereocenters. The highest BCUT2D eigenvalue weighted by Crippen LogP contribution is 2.35. The molecule has 0 unspecified atom stereocenters. The number of thioether (sulfide) groups is 1. The number of carbonyl (C=O) groups excluding carboxylic acids is 1. The molecule has 0 bridgehead atoms. The minimum atomic E-state index is -0.461. The fourth-order valence-electron chi connectivity index (χ4n) is 2.98. The number of fused-ring (bicyclic) bond motifs is 1. The Morgan fingerprint density at radius 2 is 1.79 bits per heavy atom. The Bertz CT molecular complexity index is 1020. The molecular formula is C22H25N3O2S. The molecule has 0 aliphatic carbocycles. The van der Waals surface area contributed by atoms with Gasteiger partial charge in [-0.15, -0.1) is 0 Å². The van der Waals surface area contributed by atoms with Gasteiger partial charge in [-0.3, -0.25) is 14.2 Å². The number of unbranched alkanes of at least 4 members (excludes halogenated alkanes) is 1. The molecule has 0 aliphatic rings. The van der Waals surface area contributed by atoms with Gasteiger partial charge in [0.2, 0.25) is 5.91 Å². The fraction of sp³-hybridized carbons (Fsp3) is 0.318. The zero-order chi connectivity index (χ0) is 20.1. The number of amides is 1. The predicted octanol–water partition coefficient (Wildman–Crippen LogP) is 4.12. The zero-order valence-electron chi connectivity index (χ0n) is 16.5. The maximum Gasteiger partial charge on any atom is 0.262 e. The Morgan fingerprint density at radius 1 is 1.11 bits per heavy atom. The van der Waals surface area contributed by atoms with Crippen LogP contribution in [0.5, 0.6) is 0 Å². The normalized spacial score (nSPS) is 12.1. The van der Waals surface area contributed by atoms with Gasteiger partial charge in [-0.1, -0.05) is 67.6 Å². The largest absolute Gasteiger partial charge is 0.348 e. The maximum atomic E-state index is 13.1. The van der Waals surface area contributed by atoms with Crippen molar-refractivity contribution >= 4 is 28.6 Å². The Morgan fingerprint density at radius 3 is 2.46 bits per heavy atom. The average Bonchev–Trinajstić information content (AvgIpc) is 2.71. The number of hydrogen-bond donors (Lipinski definition) is 0. The van der Waals surface area contributed by atoms with E-state index in [9.17, 15) is 9.59 Å². The molecule has 0 saturated carbocycles. The molecule has 146 valence electrons. The van der Waals surface area contributed by atoms with E-state index in [2.05, 4.69) is 6.92 Å². The molecule has 2 aromatic carbocycles. The first kappa shape index (κ1) is 20.1. The minimum Gasteiger partial charge on any atom is -0.348 e. The lowest BCUT2D eigenvalue weighted by atomic mass is 10.1. The van der Waals surface area contributed by atoms with E-state index in [1.54, 1.807) is 29.6 Å². The van der Waals surface area contributed by atoms with Crippen molar-refractivity contribution in [1.29, 1.82) is 0 Å². The van der Waals surface area contributed by atoms with Crippen molar-refractivity contribution in [1.82, 2.24) is 14.5 Å². The van der Waals surface area contributed by atoms with Crippen LogP contribution in [0.1, 0.15) is 30.6 Å². The molecule has 6 heteroatoms. The van der Waals surface area contributed by atoms with Crippen LogP contribution in [0.15, 0.2) is 64.5 Å². The van der Waals surface area contributed by atoms with E-state index < -0.39 is 5.25 Å². The maximum absolute atomic E-state index is 13.1. The van der Waals surface area contributed by atoms with Gasteiger partial charge in [-0.2, -0.15) is 0 Å². The van der Waals surface area contributed by atoms with Gasteiger partial charge in [0.25, 0.3) is 5.56 Å². The molecule has 1 aromatic heterocycles. The number of carbonyl (C=O) groups is 1. The van der Waals surface area contributed by atoms with E-state index in [1.165, 1.54) is 11.8 Å². The summed E-state index contributed by atoms with van der Waals surface area (Å²) in [5.74, 6) is -0.0272. The topological polar surface area (TPSA) is 55.2 Å². The number of likely N-dealkylation sites (N-methyl/N-ethyl adjacent to an activating group) is 1. The third-order valence-electron chi connectivity index (χ3n) is 4.55. The van der Waals surface area contributed by atoms with Crippen molar-refractivity contribution < 1.29 is 4.79 Å². The summed E-state index contributed by atoms with van der Waals surface area (Å²) in [6, 6.07) is 17.0. The van der Waals surface area contributed by atoms with Crippen LogP contribution < -0.4 is 5.56 Å². The monoisotopic (exact) mass is 395 g/mol. The fourth-order valence-corrected chi connectivity index (χ4v) is 4.25. The molecular weight excluding hydrogens is 370 g/mol. The summed E-state index contributed by atoms with van der Waals surface area (Å²) in [5, 5.41) is 0.733. The second-order valence-corrected chi connectivity index (χ2v) is 7.94. The van der Waals surface area contributed by atoms with Crippen LogP contribution in [0.2, 0.25) is 0 Å². The quantitative estimate of drug-likeness (QED) is 0.446. The molecule has 0 saturated heterocycles. The Balaban J connectivity index is 2.11. The van der Waals surface area contributed by atoms with Gasteiger partial charge in [0.15, 0.2) is 5.16 Å². The first-order chi connectivity index (χ1) is 13.5. The summed E-state index contributed by atoms with van der Waals surface area (Å²) < 4.78 is 1.72. The standard InChI is InChI=1S/C22H25N3O2S/c1-4-5-15-25-20(26)17-13-9-10-14-18(17)23-22(25)28-19(21(27)24(2)3)16-11-7-6-8-12-16/h6-14,19H,4-5,15H2,1-3H3/t19-/m0/s1. The highest BCUT2D eigenvalue weighted by Gasteiger charge is 2.26. The van der Waals surface area contributed by atoms with Crippen LogP contribution in [0.4, 0.5) is 0 Å². The predicted molar refractivity (Wildman–Crippen MR) is 115 cm³/mol. The van der Waals surface area contributed by atoms with E-state index in [0.717, 1.165) is 18.4 Å². The van der Waals surface area contributed by atoms with Crippen LogP contribution >= 0.6 is 11.8 Å². The van der Waals surface area contributed by atoms with E-state index in [0.29, 0.717) is 22.6 Å². The van der Waals surface area contributed by atoms with Crippen LogP contribution in [0, 0.1) is 0 Å². The Labute approximate surface area is 169 Å². The number of nitrogens with zero attached hydrogens (tertiary/aromatic N) is 3. The Kier molecular flexibility index (Phi) is 6.52. The highest BCUT2D eigenvalue weighted by atomic mass is 32.2. The van der Waals surface area contributed by atoms with Crippen LogP contribution in [0.25, 0.3) is 10.9 Å². The SMILES string of the molecule is CCCCn1c(S[C@H](C(=O)N(C)C)c2ccccc2)nc2ccccc2c1=O. The molecule has 0 radical (unpaired) electrons. The Hall–Kier alpha value is -2.60. The number of aromatic nitrogens is 2. The van der Waals surface area contributed by atoms with Crippen LogP contribution in [0.3, 0.4) is 0 Å². The van der Waals surface area contributed by atoms with Crippen molar-refractivity contribution in [3.05, 3.63) is 70.5 Å². The van der Waals surface area contributed by atoms with Crippen molar-refractivity contribution in [2.24, 2.45) is 0 Å². The summed E-state index contributed by atoms with van der Waals surface area (Å²) >= 11 is 1.34. The molecule has 1 amide bonds. The number of rotatable bonds is 7. The van der Waals surface area contributed by atoms with Crippen LogP contribution in [-0.2, 0) is 11.3 Å². The molecule has 1 heterocycles. The first-order valence-electron chi connectivity index (χ1n) is 9.45. The van der Waals surface area contributed by atoms with E-state index in [1.807, 2.05) is 48.5 Å². The third kappa shape index (κ3) is 4.28. The molecule has 0 N–H and O–H groups in total. The molecule has 28 heavy (non-hydrogen) atoms. The molecule has 0 fully saturated rings. The summed E-state index contributed by atoms with van der Waals surface area (Å²) in [6.45, 7) is 2.68. The number of para-hydroxylation sites is 1. The van der Waals surface area contributed by atoms with E-state index >= 15 is 0 Å². The summed E-state index contributed by atoms with van der Waals surface area (Å²) in [5.41, 5.74) is 1.51. The molecule has 0 spiro atoms. The van der Waals surface area contributed by atoms with Crippen molar-refractivity contribution in [2.45, 2.75) is 36.7 Å². The highest BCUT2D eigenvalue weighted by molar-refractivity contribution is 8.00. The molecule has 0 aliphatic heterocycles. The number of hydrogen-bond acceptors (Lipinski definition) is 4. The smallest absolute Gasteiger partial charge is 0.262 e. The van der Waals surface area contributed by atoms with Gasteiger partial charge in [0.05, 0.1) is 10.9 Å². The second-order valence-electron chi connectivity index (χ2n) is 6.86. The van der Waals surface area contributed by atoms with E-state index in [-0.39, 0.29) is 11.5 Å². The van der Waals surface area contributed by atoms with Crippen molar-refractivity contribution in [2.75, 3.05) is 14.1 Å². The lowest BCUT2D eigenvalue weighted by molar-refractivity contribution is -0.128. The summed E-state index contributed by atoms with van der Waals surface area (Å²) in [6.07, 6.45) is 1.85. The van der Waals surface area contributed by atoms with Gasteiger partial charge in [0, 0.05) is 20.6 Å². The average molecular weight is 396 g/mol. The van der Waals surface area contributed by atoms with Gasteiger partial charge in [-0.25, -0.2) is 4.98 Å². The molecule has 3 rings (SSSR count). The minimum absolute atomic E-state index is 0.0272. The number of benzene rings is 2. The lowest BCUT2D eigenvalue weighted by Gasteiger charge is -2.22. The third-order valence-corrected chi connectivity index (χ3v) is 5.78. The van der Waals surface area contributed by atoms with Gasteiger partial charge < -0.3 is 4.90 Å².